The van der Waals surface area contributed by atoms with Crippen LogP contribution >= 0.6 is 15.9 Å². The van der Waals surface area contributed by atoms with Gasteiger partial charge in [0.25, 0.3) is 0 Å². The van der Waals surface area contributed by atoms with Crippen molar-refractivity contribution in [3.8, 4) is 0 Å². The number of likely N-dealkylation sites (N-methyl/N-ethyl adjacent to an activating group) is 1. The lowest BCUT2D eigenvalue weighted by Gasteiger charge is -2.20. The van der Waals surface area contributed by atoms with Crippen LogP contribution in [0.3, 0.4) is 0 Å². The molecule has 2 rings (SSSR count). The lowest BCUT2D eigenvalue weighted by atomic mass is 10.2. The van der Waals surface area contributed by atoms with Gasteiger partial charge in [0.1, 0.15) is 0 Å². The van der Waals surface area contributed by atoms with Crippen molar-refractivity contribution >= 4 is 15.9 Å². The van der Waals surface area contributed by atoms with Crippen LogP contribution in [0.2, 0.25) is 0 Å². The van der Waals surface area contributed by atoms with Gasteiger partial charge in [0.05, 0.1) is 0 Å². The fourth-order valence-electron chi connectivity index (χ4n) is 2.23. The maximum Gasteiger partial charge on any atom is 0.0234 e. The van der Waals surface area contributed by atoms with Gasteiger partial charge in [0.2, 0.25) is 0 Å². The SMILES string of the molecule is CN(C)C1CCN(Cc2ccc(Br)cc2)C1. The Morgan fingerprint density at radius 3 is 2.56 bits per heavy atom. The molecule has 1 heterocycles. The van der Waals surface area contributed by atoms with E-state index >= 15 is 0 Å². The highest BCUT2D eigenvalue weighted by Crippen LogP contribution is 2.17. The van der Waals surface area contributed by atoms with Gasteiger partial charge in [-0.3, -0.25) is 4.90 Å². The van der Waals surface area contributed by atoms with E-state index in [2.05, 4.69) is 64.1 Å². The van der Waals surface area contributed by atoms with Gasteiger partial charge < -0.3 is 4.90 Å². The van der Waals surface area contributed by atoms with Crippen molar-refractivity contribution in [3.63, 3.8) is 0 Å². The van der Waals surface area contributed by atoms with Gasteiger partial charge in [0.15, 0.2) is 0 Å². The highest BCUT2D eigenvalue weighted by atomic mass is 79.9. The topological polar surface area (TPSA) is 6.48 Å². The molecule has 1 atom stereocenters. The van der Waals surface area contributed by atoms with Crippen LogP contribution in [0.1, 0.15) is 12.0 Å². The first-order valence-electron chi connectivity index (χ1n) is 5.78. The second kappa shape index (κ2) is 5.30. The summed E-state index contributed by atoms with van der Waals surface area (Å²) in [7, 11) is 4.35. The molecule has 1 fully saturated rings. The molecule has 0 aliphatic carbocycles. The molecule has 1 saturated heterocycles. The highest BCUT2D eigenvalue weighted by molar-refractivity contribution is 9.10. The molecule has 16 heavy (non-hydrogen) atoms. The third-order valence-electron chi connectivity index (χ3n) is 3.30. The Balaban J connectivity index is 1.89. The van der Waals surface area contributed by atoms with Crippen molar-refractivity contribution in [1.29, 1.82) is 0 Å². The van der Waals surface area contributed by atoms with E-state index in [1.165, 1.54) is 25.1 Å². The smallest absolute Gasteiger partial charge is 0.0234 e. The van der Waals surface area contributed by atoms with E-state index in [0.717, 1.165) is 17.1 Å². The molecular weight excluding hydrogens is 264 g/mol. The molecule has 88 valence electrons. The normalized spacial score (nSPS) is 21.9. The highest BCUT2D eigenvalue weighted by Gasteiger charge is 2.23. The number of rotatable bonds is 3. The zero-order valence-corrected chi connectivity index (χ0v) is 11.6. The van der Waals surface area contributed by atoms with Crippen LogP contribution in [-0.4, -0.2) is 43.0 Å². The number of nitrogens with zero attached hydrogens (tertiary/aromatic N) is 2. The first kappa shape index (κ1) is 12.1. The molecule has 1 unspecified atom stereocenters. The van der Waals surface area contributed by atoms with Crippen LogP contribution in [0.5, 0.6) is 0 Å². The standard InChI is InChI=1S/C13H19BrN2/c1-15(2)13-7-8-16(10-13)9-11-3-5-12(14)6-4-11/h3-6,13H,7-10H2,1-2H3. The van der Waals surface area contributed by atoms with E-state index in [1.807, 2.05) is 0 Å². The maximum absolute atomic E-state index is 3.47. The number of hydrogen-bond donors (Lipinski definition) is 0. The maximum atomic E-state index is 3.47. The summed E-state index contributed by atoms with van der Waals surface area (Å²) in [5.74, 6) is 0. The Kier molecular flexibility index (Phi) is 4.00. The quantitative estimate of drug-likeness (QED) is 0.841. The Morgan fingerprint density at radius 2 is 2.00 bits per heavy atom. The van der Waals surface area contributed by atoms with Gasteiger partial charge in [0, 0.05) is 30.1 Å². The molecule has 0 spiro atoms. The molecule has 1 aliphatic rings. The summed E-state index contributed by atoms with van der Waals surface area (Å²) >= 11 is 3.47. The van der Waals surface area contributed by atoms with Gasteiger partial charge in [-0.1, -0.05) is 28.1 Å². The van der Waals surface area contributed by atoms with E-state index in [-0.39, 0.29) is 0 Å². The second-order valence-corrected chi connectivity index (χ2v) is 5.68. The molecule has 0 bridgehead atoms. The molecule has 3 heteroatoms. The summed E-state index contributed by atoms with van der Waals surface area (Å²) in [5, 5.41) is 0. The lowest BCUT2D eigenvalue weighted by Crippen LogP contribution is -2.31. The van der Waals surface area contributed by atoms with E-state index in [9.17, 15) is 0 Å². The van der Waals surface area contributed by atoms with Crippen LogP contribution < -0.4 is 0 Å². The first-order chi connectivity index (χ1) is 7.65. The Bertz CT molecular complexity index is 334. The van der Waals surface area contributed by atoms with Gasteiger partial charge >= 0.3 is 0 Å². The van der Waals surface area contributed by atoms with Crippen LogP contribution in [0.25, 0.3) is 0 Å². The summed E-state index contributed by atoms with van der Waals surface area (Å²) in [6.45, 7) is 3.50. The summed E-state index contributed by atoms with van der Waals surface area (Å²) < 4.78 is 1.16. The van der Waals surface area contributed by atoms with E-state index in [0.29, 0.717) is 0 Å². The number of likely N-dealkylation sites (tertiary alicyclic amines) is 1. The van der Waals surface area contributed by atoms with E-state index in [1.54, 1.807) is 0 Å². The largest absolute Gasteiger partial charge is 0.305 e. The van der Waals surface area contributed by atoms with Gasteiger partial charge in [-0.15, -0.1) is 0 Å². The summed E-state index contributed by atoms with van der Waals surface area (Å²) in [5.41, 5.74) is 1.41. The second-order valence-electron chi connectivity index (χ2n) is 4.77. The third-order valence-corrected chi connectivity index (χ3v) is 3.83. The van der Waals surface area contributed by atoms with Gasteiger partial charge in [-0.25, -0.2) is 0 Å². The molecule has 1 aliphatic heterocycles. The first-order valence-corrected chi connectivity index (χ1v) is 6.57. The van der Waals surface area contributed by atoms with Crippen molar-refractivity contribution in [2.45, 2.75) is 19.0 Å². The summed E-state index contributed by atoms with van der Waals surface area (Å²) in [6.07, 6.45) is 1.30. The fourth-order valence-corrected chi connectivity index (χ4v) is 2.49. The van der Waals surface area contributed by atoms with Gasteiger partial charge in [-0.05, 0) is 38.2 Å². The van der Waals surface area contributed by atoms with Crippen LogP contribution in [0.15, 0.2) is 28.7 Å². The van der Waals surface area contributed by atoms with Crippen LogP contribution in [0, 0.1) is 0 Å². The van der Waals surface area contributed by atoms with Crippen LogP contribution in [0.4, 0.5) is 0 Å². The number of benzene rings is 1. The number of halogens is 1. The van der Waals surface area contributed by atoms with E-state index < -0.39 is 0 Å². The average Bonchev–Trinajstić information content (AvgIpc) is 2.70. The van der Waals surface area contributed by atoms with Crippen molar-refractivity contribution in [2.24, 2.45) is 0 Å². The van der Waals surface area contributed by atoms with Crippen molar-refractivity contribution in [2.75, 3.05) is 27.2 Å². The lowest BCUT2D eigenvalue weighted by molar-refractivity contribution is 0.264. The summed E-state index contributed by atoms with van der Waals surface area (Å²) in [4.78, 5) is 4.87. The van der Waals surface area contributed by atoms with Crippen molar-refractivity contribution < 1.29 is 0 Å². The molecule has 0 saturated carbocycles. The minimum Gasteiger partial charge on any atom is -0.305 e. The number of hydrogen-bond acceptors (Lipinski definition) is 2. The average molecular weight is 283 g/mol. The zero-order chi connectivity index (χ0) is 11.5. The summed E-state index contributed by atoms with van der Waals surface area (Å²) in [6, 6.07) is 9.37. The Hall–Kier alpha value is -0.380. The molecule has 0 radical (unpaired) electrons. The van der Waals surface area contributed by atoms with Gasteiger partial charge in [-0.2, -0.15) is 0 Å². The van der Waals surface area contributed by atoms with E-state index in [4.69, 9.17) is 0 Å². The minimum absolute atomic E-state index is 0.732. The van der Waals surface area contributed by atoms with Crippen molar-refractivity contribution in [1.82, 2.24) is 9.80 Å². The predicted molar refractivity (Wildman–Crippen MR) is 71.5 cm³/mol. The molecule has 0 aromatic heterocycles. The predicted octanol–water partition coefficient (Wildman–Crippen LogP) is 2.59. The minimum atomic E-state index is 0.732. The molecular formula is C13H19BrN2. The third kappa shape index (κ3) is 3.06. The van der Waals surface area contributed by atoms with Crippen molar-refractivity contribution in [3.05, 3.63) is 34.3 Å². The van der Waals surface area contributed by atoms with Crippen LogP contribution in [-0.2, 0) is 6.54 Å². The monoisotopic (exact) mass is 282 g/mol. The molecule has 2 nitrogen and oxygen atoms in total. The molecule has 1 aromatic carbocycles. The Morgan fingerprint density at radius 1 is 1.31 bits per heavy atom. The molecule has 0 amide bonds. The Labute approximate surface area is 106 Å². The molecule has 0 N–H and O–H groups in total. The fraction of sp³-hybridized carbons (Fsp3) is 0.538. The molecule has 1 aromatic rings. The zero-order valence-electron chi connectivity index (χ0n) is 9.99.